The molecule has 0 bridgehead atoms. The highest BCUT2D eigenvalue weighted by molar-refractivity contribution is 7.13. The van der Waals surface area contributed by atoms with E-state index >= 15 is 0 Å². The maximum Gasteiger partial charge on any atom is 0.417 e. The summed E-state index contributed by atoms with van der Waals surface area (Å²) in [5.74, 6) is -0.682. The first-order valence-electron chi connectivity index (χ1n) is 6.84. The third kappa shape index (κ3) is 3.33. The molecule has 3 rings (SSSR count). The van der Waals surface area contributed by atoms with Crippen molar-refractivity contribution in [2.45, 2.75) is 13.1 Å². The monoisotopic (exact) mass is 352 g/mol. The number of rotatable bonds is 3. The number of benzene rings is 1. The van der Waals surface area contributed by atoms with Crippen LogP contribution in [0.3, 0.4) is 0 Å². The molecular weight excluding hydrogens is 341 g/mol. The highest BCUT2D eigenvalue weighted by atomic mass is 32.1. The fourth-order valence-electron chi connectivity index (χ4n) is 2.12. The molecule has 0 aliphatic rings. The van der Waals surface area contributed by atoms with Crippen LogP contribution >= 0.6 is 11.3 Å². The molecule has 1 amide bonds. The number of carbonyl (C=O) groups is 1. The van der Waals surface area contributed by atoms with Crippen LogP contribution in [0, 0.1) is 6.92 Å². The molecule has 124 valence electrons. The summed E-state index contributed by atoms with van der Waals surface area (Å²) < 4.78 is 44.5. The molecule has 24 heavy (non-hydrogen) atoms. The molecule has 0 spiro atoms. The number of amides is 1. The van der Waals surface area contributed by atoms with E-state index in [1.807, 2.05) is 0 Å². The number of thiazole rings is 1. The molecule has 0 unspecified atom stereocenters. The van der Waals surface area contributed by atoms with Crippen molar-refractivity contribution in [3.63, 3.8) is 0 Å². The fourth-order valence-corrected chi connectivity index (χ4v) is 2.80. The highest BCUT2D eigenvalue weighted by Gasteiger charge is 2.34. The van der Waals surface area contributed by atoms with Gasteiger partial charge in [-0.25, -0.2) is 4.98 Å². The third-order valence-corrected chi connectivity index (χ3v) is 4.04. The molecule has 3 aromatic rings. The number of nitrogens with zero attached hydrogens (tertiary/aromatic N) is 1. The van der Waals surface area contributed by atoms with E-state index in [1.165, 1.54) is 41.7 Å². The van der Waals surface area contributed by atoms with Crippen molar-refractivity contribution >= 4 is 22.4 Å². The number of anilines is 1. The smallest absolute Gasteiger partial charge is 0.417 e. The minimum atomic E-state index is -4.51. The number of halogens is 3. The van der Waals surface area contributed by atoms with Gasteiger partial charge in [0.15, 0.2) is 10.9 Å². The molecule has 0 aliphatic carbocycles. The Labute approximate surface area is 139 Å². The summed E-state index contributed by atoms with van der Waals surface area (Å²) in [5, 5.41) is 4.70. The van der Waals surface area contributed by atoms with Gasteiger partial charge >= 0.3 is 6.18 Å². The molecule has 2 aromatic heterocycles. The van der Waals surface area contributed by atoms with Gasteiger partial charge in [0.25, 0.3) is 5.91 Å². The van der Waals surface area contributed by atoms with Crippen LogP contribution in [0.5, 0.6) is 0 Å². The van der Waals surface area contributed by atoms with E-state index in [0.717, 1.165) is 11.8 Å². The fraction of sp³-hybridized carbons (Fsp3) is 0.125. The van der Waals surface area contributed by atoms with Crippen LogP contribution in [-0.4, -0.2) is 10.9 Å². The van der Waals surface area contributed by atoms with Gasteiger partial charge in [-0.05, 0) is 25.1 Å². The molecule has 4 nitrogen and oxygen atoms in total. The Kier molecular flexibility index (Phi) is 4.15. The topological polar surface area (TPSA) is 55.1 Å². The van der Waals surface area contributed by atoms with Crippen molar-refractivity contribution in [1.82, 2.24) is 4.98 Å². The second-order valence-corrected chi connectivity index (χ2v) is 5.81. The summed E-state index contributed by atoms with van der Waals surface area (Å²) in [6.07, 6.45) is -4.51. The van der Waals surface area contributed by atoms with Crippen LogP contribution in [0.4, 0.5) is 18.3 Å². The lowest BCUT2D eigenvalue weighted by molar-refractivity contribution is -0.137. The SMILES string of the molecule is Cc1csc(NC(=O)c2ccc(-c3ccccc3C(F)(F)F)o2)n1. The molecule has 8 heteroatoms. The molecule has 0 saturated carbocycles. The van der Waals surface area contributed by atoms with Crippen LogP contribution < -0.4 is 5.32 Å². The Bertz CT molecular complexity index is 883. The molecule has 0 aliphatic heterocycles. The minimum absolute atomic E-state index is 0.0246. The van der Waals surface area contributed by atoms with Gasteiger partial charge in [-0.3, -0.25) is 10.1 Å². The summed E-state index contributed by atoms with van der Waals surface area (Å²) in [6.45, 7) is 1.78. The number of aryl methyl sites for hydroxylation is 1. The maximum absolute atomic E-state index is 13.1. The molecular formula is C16H11F3N2O2S. The Morgan fingerprint density at radius 1 is 1.21 bits per heavy atom. The van der Waals surface area contributed by atoms with Crippen molar-refractivity contribution in [3.8, 4) is 11.3 Å². The Hall–Kier alpha value is -2.61. The van der Waals surface area contributed by atoms with Crippen LogP contribution in [0.2, 0.25) is 0 Å². The van der Waals surface area contributed by atoms with Crippen LogP contribution in [-0.2, 0) is 6.18 Å². The van der Waals surface area contributed by atoms with Crippen LogP contribution in [0.15, 0.2) is 46.2 Å². The van der Waals surface area contributed by atoms with Gasteiger partial charge in [0.1, 0.15) is 5.76 Å². The summed E-state index contributed by atoms with van der Waals surface area (Å²) in [6, 6.07) is 7.72. The van der Waals surface area contributed by atoms with Gasteiger partial charge < -0.3 is 4.42 Å². The van der Waals surface area contributed by atoms with Crippen molar-refractivity contribution < 1.29 is 22.4 Å². The Morgan fingerprint density at radius 3 is 2.62 bits per heavy atom. The molecule has 0 atom stereocenters. The Morgan fingerprint density at radius 2 is 1.96 bits per heavy atom. The number of furan rings is 1. The van der Waals surface area contributed by atoms with Gasteiger partial charge in [0.05, 0.1) is 11.3 Å². The van der Waals surface area contributed by atoms with Crippen molar-refractivity contribution in [2.75, 3.05) is 5.32 Å². The number of hydrogen-bond donors (Lipinski definition) is 1. The first kappa shape index (κ1) is 16.3. The van der Waals surface area contributed by atoms with Gasteiger partial charge in [-0.15, -0.1) is 11.3 Å². The summed E-state index contributed by atoms with van der Waals surface area (Å²) in [7, 11) is 0. The minimum Gasteiger partial charge on any atom is -0.451 e. The zero-order chi connectivity index (χ0) is 17.3. The lowest BCUT2D eigenvalue weighted by atomic mass is 10.1. The number of nitrogens with one attached hydrogen (secondary N) is 1. The zero-order valence-electron chi connectivity index (χ0n) is 12.3. The number of carbonyl (C=O) groups excluding carboxylic acids is 1. The molecule has 1 N–H and O–H groups in total. The zero-order valence-corrected chi connectivity index (χ0v) is 13.2. The second kappa shape index (κ2) is 6.12. The average molecular weight is 352 g/mol. The standard InChI is InChI=1S/C16H11F3N2O2S/c1-9-8-24-15(20-9)21-14(22)13-7-6-12(23-13)10-4-2-3-5-11(10)16(17,18)19/h2-8H,1H3,(H,20,21,22). The quantitative estimate of drug-likeness (QED) is 0.723. The lowest BCUT2D eigenvalue weighted by Gasteiger charge is -2.10. The molecule has 0 saturated heterocycles. The molecule has 1 aromatic carbocycles. The summed E-state index contributed by atoms with van der Waals surface area (Å²) in [4.78, 5) is 16.2. The van der Waals surface area contributed by atoms with Gasteiger partial charge in [-0.1, -0.05) is 18.2 Å². The van der Waals surface area contributed by atoms with Gasteiger partial charge in [0.2, 0.25) is 0 Å². The van der Waals surface area contributed by atoms with E-state index in [2.05, 4.69) is 10.3 Å². The van der Waals surface area contributed by atoms with Crippen molar-refractivity contribution in [1.29, 1.82) is 0 Å². The van der Waals surface area contributed by atoms with E-state index in [4.69, 9.17) is 4.42 Å². The number of hydrogen-bond acceptors (Lipinski definition) is 4. The van der Waals surface area contributed by atoms with E-state index in [1.54, 1.807) is 12.3 Å². The third-order valence-electron chi connectivity index (χ3n) is 3.17. The Balaban J connectivity index is 1.87. The number of aromatic nitrogens is 1. The van der Waals surface area contributed by atoms with Crippen LogP contribution in [0.1, 0.15) is 21.8 Å². The van der Waals surface area contributed by atoms with Crippen molar-refractivity contribution in [3.05, 3.63) is 58.8 Å². The predicted octanol–water partition coefficient (Wildman–Crippen LogP) is 4.98. The van der Waals surface area contributed by atoms with Crippen LogP contribution in [0.25, 0.3) is 11.3 Å². The van der Waals surface area contributed by atoms with E-state index in [0.29, 0.717) is 5.13 Å². The second-order valence-electron chi connectivity index (χ2n) is 4.96. The molecule has 2 heterocycles. The predicted molar refractivity (Wildman–Crippen MR) is 84.0 cm³/mol. The molecule has 0 radical (unpaired) electrons. The van der Waals surface area contributed by atoms with Gasteiger partial charge in [-0.2, -0.15) is 13.2 Å². The summed E-state index contributed by atoms with van der Waals surface area (Å²) in [5.41, 5.74) is -0.175. The average Bonchev–Trinajstić information content (AvgIpc) is 3.16. The molecule has 0 fully saturated rings. The van der Waals surface area contributed by atoms with Crippen molar-refractivity contribution in [2.24, 2.45) is 0 Å². The maximum atomic E-state index is 13.1. The normalized spacial score (nSPS) is 11.5. The first-order valence-corrected chi connectivity index (χ1v) is 7.72. The van der Waals surface area contributed by atoms with Gasteiger partial charge in [0, 0.05) is 10.9 Å². The van der Waals surface area contributed by atoms with E-state index in [-0.39, 0.29) is 17.1 Å². The lowest BCUT2D eigenvalue weighted by Crippen LogP contribution is -2.10. The largest absolute Gasteiger partial charge is 0.451 e. The number of alkyl halides is 3. The van der Waals surface area contributed by atoms with E-state index in [9.17, 15) is 18.0 Å². The van der Waals surface area contributed by atoms with E-state index < -0.39 is 17.6 Å². The highest BCUT2D eigenvalue weighted by Crippen LogP contribution is 2.37. The first-order chi connectivity index (χ1) is 11.3. The summed E-state index contributed by atoms with van der Waals surface area (Å²) >= 11 is 1.25.